The van der Waals surface area contributed by atoms with Crippen LogP contribution in [0.3, 0.4) is 0 Å². The van der Waals surface area contributed by atoms with Crippen LogP contribution in [0.15, 0.2) is 0 Å². The molecule has 3 fully saturated rings. The predicted molar refractivity (Wildman–Crippen MR) is 183 cm³/mol. The smallest absolute Gasteiger partial charge is 0.225 e. The maximum atomic E-state index is 13.5. The first-order valence-electron chi connectivity index (χ1n) is 17.3. The quantitative estimate of drug-likeness (QED) is 0.212. The van der Waals surface area contributed by atoms with E-state index in [0.29, 0.717) is 39.3 Å². The normalized spacial score (nSPS) is 31.2. The van der Waals surface area contributed by atoms with E-state index in [0.717, 1.165) is 25.7 Å². The molecule has 3 heterocycles. The zero-order valence-corrected chi connectivity index (χ0v) is 30.9. The van der Waals surface area contributed by atoms with E-state index >= 15 is 0 Å². The van der Waals surface area contributed by atoms with Crippen LogP contribution in [0.4, 0.5) is 0 Å². The highest BCUT2D eigenvalue weighted by Crippen LogP contribution is 2.45. The average Bonchev–Trinajstić information content (AvgIpc) is 3.36. The van der Waals surface area contributed by atoms with Gasteiger partial charge in [-0.1, -0.05) is 6.92 Å². The molecule has 0 bridgehead atoms. The van der Waals surface area contributed by atoms with Gasteiger partial charge in [0.1, 0.15) is 0 Å². The van der Waals surface area contributed by atoms with Crippen LogP contribution in [0.25, 0.3) is 0 Å². The molecule has 0 aromatic carbocycles. The van der Waals surface area contributed by atoms with Crippen molar-refractivity contribution in [2.45, 2.75) is 142 Å². The lowest BCUT2D eigenvalue weighted by molar-refractivity contribution is -0.128. The topological polar surface area (TPSA) is 118 Å². The Hall–Kier alpha value is -1.75. The Morgan fingerprint density at radius 3 is 1.31 bits per heavy atom. The molecule has 4 unspecified atom stereocenters. The van der Waals surface area contributed by atoms with Gasteiger partial charge >= 0.3 is 0 Å². The van der Waals surface area contributed by atoms with E-state index < -0.39 is 0 Å². The molecule has 0 spiro atoms. The molecule has 3 aliphatic rings. The average molecular weight is 634 g/mol. The van der Waals surface area contributed by atoms with Gasteiger partial charge in [-0.05, 0) is 109 Å². The SMILES string of the molecule is CCC1(C)C(C(=O)NCCN(CCNC(=O)C2CC(C)(C)NC2(C)C)CCNC(=O)C2CC(C)(C)NC2(C)C)CC(C)(C)N1C. The van der Waals surface area contributed by atoms with Crippen LogP contribution in [-0.4, -0.2) is 107 Å². The molecule has 3 saturated heterocycles. The standard InChI is InChI=1S/C35H67N7O3/c1-14-35(12)26(23-32(6,7)41(35)13)29(45)38-17-20-42(18-15-36-27(43)24-21-30(2,3)39-33(24,8)9)19-16-37-28(44)25-22-31(4,5)40-34(25,10)11/h24-26,39-40H,14-23H2,1-13H3,(H,36,43)(H,37,44)(H,38,45). The molecule has 10 nitrogen and oxygen atoms in total. The van der Waals surface area contributed by atoms with Crippen LogP contribution in [-0.2, 0) is 14.4 Å². The van der Waals surface area contributed by atoms with Crippen molar-refractivity contribution in [3.05, 3.63) is 0 Å². The van der Waals surface area contributed by atoms with Gasteiger partial charge in [-0.3, -0.25) is 24.2 Å². The number of carbonyl (C=O) groups excluding carboxylic acids is 3. The fourth-order valence-electron chi connectivity index (χ4n) is 8.75. The first-order chi connectivity index (χ1) is 20.5. The third kappa shape index (κ3) is 8.79. The molecule has 10 heteroatoms. The number of rotatable bonds is 13. The van der Waals surface area contributed by atoms with E-state index in [1.54, 1.807) is 0 Å². The van der Waals surface area contributed by atoms with Crippen LogP contribution in [0.1, 0.15) is 109 Å². The van der Waals surface area contributed by atoms with Crippen molar-refractivity contribution >= 4 is 17.7 Å². The number of hydrogen-bond donors (Lipinski definition) is 5. The summed E-state index contributed by atoms with van der Waals surface area (Å²) in [6.07, 6.45) is 3.32. The van der Waals surface area contributed by atoms with Gasteiger partial charge in [0.05, 0.1) is 17.8 Å². The lowest BCUT2D eigenvalue weighted by atomic mass is 9.83. The fourth-order valence-corrected chi connectivity index (χ4v) is 8.75. The van der Waals surface area contributed by atoms with E-state index in [1.165, 1.54) is 0 Å². The maximum absolute atomic E-state index is 13.5. The highest BCUT2D eigenvalue weighted by atomic mass is 16.2. The van der Waals surface area contributed by atoms with E-state index in [2.05, 4.69) is 127 Å². The van der Waals surface area contributed by atoms with Crippen molar-refractivity contribution in [2.75, 3.05) is 46.3 Å². The summed E-state index contributed by atoms with van der Waals surface area (Å²) in [4.78, 5) is 44.5. The van der Waals surface area contributed by atoms with Gasteiger partial charge in [-0.15, -0.1) is 0 Å². The summed E-state index contributed by atoms with van der Waals surface area (Å²) in [5, 5.41) is 16.8. The third-order valence-electron chi connectivity index (χ3n) is 11.5. The number of carbonyl (C=O) groups is 3. The molecule has 0 aromatic rings. The molecule has 45 heavy (non-hydrogen) atoms. The number of nitrogens with zero attached hydrogens (tertiary/aromatic N) is 2. The first kappa shape index (κ1) is 37.7. The molecule has 4 atom stereocenters. The number of nitrogens with one attached hydrogen (secondary N) is 5. The van der Waals surface area contributed by atoms with Gasteiger partial charge in [0.2, 0.25) is 17.7 Å². The minimum absolute atomic E-state index is 0.0353. The molecule has 3 amide bonds. The molecule has 5 N–H and O–H groups in total. The first-order valence-corrected chi connectivity index (χ1v) is 17.3. The van der Waals surface area contributed by atoms with Crippen LogP contribution in [0, 0.1) is 17.8 Å². The lowest BCUT2D eigenvalue weighted by Gasteiger charge is -2.40. The van der Waals surface area contributed by atoms with Crippen molar-refractivity contribution in [1.82, 2.24) is 36.4 Å². The van der Waals surface area contributed by atoms with Crippen molar-refractivity contribution in [3.8, 4) is 0 Å². The fraction of sp³-hybridized carbons (Fsp3) is 0.914. The summed E-state index contributed by atoms with van der Waals surface area (Å²) in [5.74, 6) is -0.0250. The Morgan fingerprint density at radius 2 is 1.00 bits per heavy atom. The summed E-state index contributed by atoms with van der Waals surface area (Å²) < 4.78 is 0. The number of amides is 3. The Kier molecular flexibility index (Phi) is 11.2. The minimum atomic E-state index is -0.269. The lowest BCUT2D eigenvalue weighted by Crippen LogP contribution is -2.52. The molecule has 3 rings (SSSR count). The zero-order valence-electron chi connectivity index (χ0n) is 30.9. The van der Waals surface area contributed by atoms with E-state index in [-0.39, 0.29) is 68.7 Å². The predicted octanol–water partition coefficient (Wildman–Crippen LogP) is 2.87. The van der Waals surface area contributed by atoms with Crippen molar-refractivity contribution in [1.29, 1.82) is 0 Å². The Labute approximate surface area is 274 Å². The van der Waals surface area contributed by atoms with Gasteiger partial charge in [-0.2, -0.15) is 0 Å². The van der Waals surface area contributed by atoms with Crippen LogP contribution in [0.5, 0.6) is 0 Å². The molecule has 3 aliphatic heterocycles. The number of likely N-dealkylation sites (tertiary alicyclic amines) is 1. The van der Waals surface area contributed by atoms with Crippen molar-refractivity contribution in [3.63, 3.8) is 0 Å². The summed E-state index contributed by atoms with van der Waals surface area (Å²) in [6.45, 7) is 29.2. The molecule has 0 radical (unpaired) electrons. The summed E-state index contributed by atoms with van der Waals surface area (Å²) in [5.41, 5.74) is -0.916. The third-order valence-corrected chi connectivity index (χ3v) is 11.5. The second-order valence-corrected chi connectivity index (χ2v) is 17.5. The van der Waals surface area contributed by atoms with Crippen molar-refractivity contribution in [2.24, 2.45) is 17.8 Å². The zero-order chi connectivity index (χ0) is 34.2. The maximum Gasteiger partial charge on any atom is 0.225 e. The van der Waals surface area contributed by atoms with E-state index in [1.807, 2.05) is 0 Å². The second-order valence-electron chi connectivity index (χ2n) is 17.5. The number of hydrogen-bond acceptors (Lipinski definition) is 7. The summed E-state index contributed by atoms with van der Waals surface area (Å²) in [6, 6.07) is 0. The van der Waals surface area contributed by atoms with E-state index in [9.17, 15) is 14.4 Å². The molecular formula is C35H67N7O3. The molecule has 0 aliphatic carbocycles. The van der Waals surface area contributed by atoms with Crippen LogP contribution in [0.2, 0.25) is 0 Å². The van der Waals surface area contributed by atoms with Gasteiger partial charge < -0.3 is 26.6 Å². The summed E-state index contributed by atoms with van der Waals surface area (Å²) >= 11 is 0. The molecule has 0 saturated carbocycles. The summed E-state index contributed by atoms with van der Waals surface area (Å²) in [7, 11) is 2.13. The van der Waals surface area contributed by atoms with Gasteiger partial charge in [0.15, 0.2) is 0 Å². The second kappa shape index (κ2) is 13.4. The molecular weight excluding hydrogens is 566 g/mol. The van der Waals surface area contributed by atoms with Gasteiger partial charge in [-0.25, -0.2) is 0 Å². The van der Waals surface area contributed by atoms with Gasteiger partial charge in [0, 0.05) is 72.5 Å². The van der Waals surface area contributed by atoms with Crippen LogP contribution >= 0.6 is 0 Å². The highest BCUT2D eigenvalue weighted by Gasteiger charge is 2.54. The molecule has 0 aromatic heterocycles. The monoisotopic (exact) mass is 634 g/mol. The Balaban J connectivity index is 1.58. The van der Waals surface area contributed by atoms with Crippen LogP contribution < -0.4 is 26.6 Å². The largest absolute Gasteiger partial charge is 0.355 e. The Bertz CT molecular complexity index is 1030. The Morgan fingerprint density at radius 1 is 0.644 bits per heavy atom. The highest BCUT2D eigenvalue weighted by molar-refractivity contribution is 5.81. The molecule has 260 valence electrons. The van der Waals surface area contributed by atoms with Crippen molar-refractivity contribution < 1.29 is 14.4 Å². The minimum Gasteiger partial charge on any atom is -0.355 e. The van der Waals surface area contributed by atoms with E-state index in [4.69, 9.17) is 0 Å². The van der Waals surface area contributed by atoms with Gasteiger partial charge in [0.25, 0.3) is 0 Å².